The molecule has 0 fully saturated rings. The van der Waals surface area contributed by atoms with Crippen molar-refractivity contribution in [2.45, 2.75) is 6.43 Å². The van der Waals surface area contributed by atoms with Crippen LogP contribution in [0.25, 0.3) is 0 Å². The number of rotatable bonds is 1. The molecule has 0 bridgehead atoms. The van der Waals surface area contributed by atoms with Crippen LogP contribution >= 0.6 is 15.9 Å². The molecule has 1 aromatic heterocycles. The summed E-state index contributed by atoms with van der Waals surface area (Å²) in [6, 6.07) is 2.62. The lowest BCUT2D eigenvalue weighted by atomic mass is 10.4. The fourth-order valence-corrected chi connectivity index (χ4v) is 0.999. The second-order valence-corrected chi connectivity index (χ2v) is 2.83. The third kappa shape index (κ3) is 1.86. The first-order chi connectivity index (χ1) is 5.11. The highest BCUT2D eigenvalue weighted by atomic mass is 79.9. The van der Waals surface area contributed by atoms with Gasteiger partial charge in [-0.05, 0) is 0 Å². The third-order valence-corrected chi connectivity index (χ3v) is 1.64. The van der Waals surface area contributed by atoms with Gasteiger partial charge in [0.15, 0.2) is 0 Å². The van der Waals surface area contributed by atoms with Gasteiger partial charge in [0.2, 0.25) is 6.20 Å². The van der Waals surface area contributed by atoms with Gasteiger partial charge in [-0.15, -0.1) is 0 Å². The minimum absolute atomic E-state index is 0.398. The van der Waals surface area contributed by atoms with Crippen LogP contribution in [0.1, 0.15) is 12.1 Å². The van der Waals surface area contributed by atoms with Gasteiger partial charge in [0.25, 0.3) is 0 Å². The van der Waals surface area contributed by atoms with Crippen molar-refractivity contribution in [1.82, 2.24) is 0 Å². The number of alkyl halides is 2. The van der Waals surface area contributed by atoms with Crippen LogP contribution in [0.3, 0.4) is 0 Å². The van der Waals surface area contributed by atoms with Crippen molar-refractivity contribution in [2.24, 2.45) is 0 Å². The highest BCUT2D eigenvalue weighted by Crippen LogP contribution is 2.17. The van der Waals surface area contributed by atoms with E-state index in [0.717, 1.165) is 12.3 Å². The normalized spacial score (nSPS) is 10.5. The van der Waals surface area contributed by atoms with Crippen LogP contribution in [0, 0.1) is 0 Å². The molecule has 0 saturated carbocycles. The zero-order chi connectivity index (χ0) is 8.43. The van der Waals surface area contributed by atoms with E-state index in [-0.39, 0.29) is 0 Å². The number of pyridine rings is 1. The van der Waals surface area contributed by atoms with Crippen molar-refractivity contribution in [3.63, 3.8) is 0 Å². The summed E-state index contributed by atoms with van der Waals surface area (Å²) in [6.07, 6.45) is -1.52. The molecule has 1 heterocycles. The summed E-state index contributed by atoms with van der Waals surface area (Å²) in [5.74, 6) is 0. The monoisotopic (exact) mass is 224 g/mol. The van der Waals surface area contributed by atoms with Crippen molar-refractivity contribution in [3.8, 4) is 0 Å². The number of halogens is 3. The second kappa shape index (κ2) is 3.13. The Morgan fingerprint density at radius 1 is 1.55 bits per heavy atom. The summed E-state index contributed by atoms with van der Waals surface area (Å²) in [7, 11) is 0. The quantitative estimate of drug-likeness (QED) is 0.572. The Balaban J connectivity index is 3.13. The van der Waals surface area contributed by atoms with Crippen LogP contribution in [0.15, 0.2) is 22.8 Å². The molecule has 0 unspecified atom stereocenters. The van der Waals surface area contributed by atoms with Gasteiger partial charge in [-0.1, -0.05) is 15.9 Å². The van der Waals surface area contributed by atoms with Crippen LogP contribution in [0.4, 0.5) is 8.78 Å². The third-order valence-electron chi connectivity index (χ3n) is 1.15. The van der Waals surface area contributed by atoms with Crippen molar-refractivity contribution in [2.75, 3.05) is 0 Å². The average molecular weight is 225 g/mol. The summed E-state index contributed by atoms with van der Waals surface area (Å²) in [5.41, 5.74) is -0.431. The summed E-state index contributed by atoms with van der Waals surface area (Å²) >= 11 is 3.01. The average Bonchev–Trinajstić information content (AvgIpc) is 1.94. The van der Waals surface area contributed by atoms with Crippen LogP contribution in [0.2, 0.25) is 0 Å². The Hall–Kier alpha value is -0.710. The zero-order valence-corrected chi connectivity index (χ0v) is 6.92. The van der Waals surface area contributed by atoms with Gasteiger partial charge in [0.1, 0.15) is 0 Å². The molecule has 0 aromatic carbocycles. The summed E-state index contributed by atoms with van der Waals surface area (Å²) in [5, 5.41) is 8.82. The summed E-state index contributed by atoms with van der Waals surface area (Å²) in [4.78, 5) is 0. The van der Waals surface area contributed by atoms with E-state index in [1.165, 1.54) is 6.07 Å². The molecule has 5 heteroatoms. The fourth-order valence-electron chi connectivity index (χ4n) is 0.646. The van der Waals surface area contributed by atoms with Crippen molar-refractivity contribution >= 4 is 15.9 Å². The number of hydrogen-bond acceptors (Lipinski definition) is 1. The number of aromatic nitrogens is 1. The molecule has 1 N–H and O–H groups in total. The highest BCUT2D eigenvalue weighted by Gasteiger charge is 2.21. The topological polar surface area (TPSA) is 24.1 Å². The Bertz CT molecular complexity index is 267. The maximum absolute atomic E-state index is 12.0. The van der Waals surface area contributed by atoms with Gasteiger partial charge in [-0.3, -0.25) is 5.21 Å². The maximum Gasteiger partial charge on any atom is 0.325 e. The van der Waals surface area contributed by atoms with Crippen LogP contribution < -0.4 is 4.73 Å². The lowest BCUT2D eigenvalue weighted by Crippen LogP contribution is -2.34. The molecule has 0 amide bonds. The van der Waals surface area contributed by atoms with Crippen molar-refractivity contribution in [1.29, 1.82) is 0 Å². The molecular weight excluding hydrogens is 220 g/mol. The van der Waals surface area contributed by atoms with Gasteiger partial charge in [0.05, 0.1) is 0 Å². The van der Waals surface area contributed by atoms with Gasteiger partial charge < -0.3 is 0 Å². The Kier molecular flexibility index (Phi) is 2.38. The standard InChI is InChI=1S/C6H5BrF2NO/c7-4-1-2-10(11)5(3-4)6(8)9/h1-3,6,11H/q+1. The lowest BCUT2D eigenvalue weighted by molar-refractivity contribution is -0.912. The Labute approximate surface area is 70.2 Å². The van der Waals surface area contributed by atoms with E-state index in [2.05, 4.69) is 15.9 Å². The molecule has 60 valence electrons. The molecule has 0 atom stereocenters. The van der Waals surface area contributed by atoms with E-state index in [1.54, 1.807) is 0 Å². The molecule has 0 aliphatic carbocycles. The van der Waals surface area contributed by atoms with Gasteiger partial charge in [-0.25, -0.2) is 0 Å². The second-order valence-electron chi connectivity index (χ2n) is 1.92. The van der Waals surface area contributed by atoms with Gasteiger partial charge in [0, 0.05) is 21.3 Å². The summed E-state index contributed by atoms with van der Waals surface area (Å²) in [6.45, 7) is 0. The first-order valence-corrected chi connectivity index (χ1v) is 3.59. The van der Waals surface area contributed by atoms with Crippen LogP contribution in [-0.2, 0) is 0 Å². The smallest absolute Gasteiger partial charge is 0.285 e. The molecule has 2 nitrogen and oxygen atoms in total. The molecule has 1 rings (SSSR count). The molecule has 0 aliphatic heterocycles. The fraction of sp³-hybridized carbons (Fsp3) is 0.167. The first-order valence-electron chi connectivity index (χ1n) is 2.80. The van der Waals surface area contributed by atoms with Gasteiger partial charge >= 0.3 is 12.1 Å². The molecule has 0 aliphatic rings. The molecule has 0 spiro atoms. The summed E-state index contributed by atoms with van der Waals surface area (Å²) < 4.78 is 24.9. The Morgan fingerprint density at radius 3 is 2.64 bits per heavy atom. The van der Waals surface area contributed by atoms with Gasteiger partial charge in [-0.2, -0.15) is 8.78 Å². The molecule has 11 heavy (non-hydrogen) atoms. The van der Waals surface area contributed by atoms with Crippen LogP contribution in [0.5, 0.6) is 0 Å². The molecule has 1 aromatic rings. The molecule has 0 radical (unpaired) electrons. The predicted molar refractivity (Wildman–Crippen MR) is 36.5 cm³/mol. The van der Waals surface area contributed by atoms with E-state index in [0.29, 0.717) is 9.20 Å². The number of hydrogen-bond donors (Lipinski definition) is 1. The SMILES string of the molecule is O[n+]1ccc(Br)cc1C(F)F. The van der Waals surface area contributed by atoms with Crippen molar-refractivity contribution < 1.29 is 18.7 Å². The first kappa shape index (κ1) is 8.39. The van der Waals surface area contributed by atoms with E-state index in [4.69, 9.17) is 5.21 Å². The zero-order valence-electron chi connectivity index (χ0n) is 5.34. The minimum Gasteiger partial charge on any atom is -0.285 e. The highest BCUT2D eigenvalue weighted by molar-refractivity contribution is 9.10. The van der Waals surface area contributed by atoms with E-state index < -0.39 is 12.1 Å². The van der Waals surface area contributed by atoms with E-state index >= 15 is 0 Å². The van der Waals surface area contributed by atoms with Crippen LogP contribution in [-0.4, -0.2) is 5.21 Å². The molecule has 0 saturated heterocycles. The predicted octanol–water partition coefficient (Wildman–Crippen LogP) is 1.91. The maximum atomic E-state index is 12.0. The largest absolute Gasteiger partial charge is 0.325 e. The number of nitrogens with zero attached hydrogens (tertiary/aromatic N) is 1. The minimum atomic E-state index is -2.67. The molecular formula is C6H5BrF2NO+. The van der Waals surface area contributed by atoms with E-state index in [1.807, 2.05) is 0 Å². The van der Waals surface area contributed by atoms with E-state index in [9.17, 15) is 8.78 Å². The van der Waals surface area contributed by atoms with Crippen molar-refractivity contribution in [3.05, 3.63) is 28.5 Å². The lowest BCUT2D eigenvalue weighted by Gasteiger charge is -1.94. The Morgan fingerprint density at radius 2 is 2.18 bits per heavy atom.